The molecule has 0 spiro atoms. The molecule has 0 radical (unpaired) electrons. The molecule has 0 aliphatic rings. The molecule has 16 heavy (non-hydrogen) atoms. The minimum Gasteiger partial charge on any atom is -0.293 e. The van der Waals surface area contributed by atoms with E-state index in [1.54, 1.807) is 12.1 Å². The predicted octanol–water partition coefficient (Wildman–Crippen LogP) is 3.93. The SMILES string of the molecule is O=C(S)Nc1nc(-c2ccc(Cl)cc2)cs1. The van der Waals surface area contributed by atoms with E-state index in [1.165, 1.54) is 11.3 Å². The second-order valence-corrected chi connectivity index (χ2v) is 4.68. The van der Waals surface area contributed by atoms with Crippen LogP contribution in [0.2, 0.25) is 5.02 Å². The van der Waals surface area contributed by atoms with E-state index in [2.05, 4.69) is 22.9 Å². The summed E-state index contributed by atoms with van der Waals surface area (Å²) in [6.07, 6.45) is 0. The maximum atomic E-state index is 10.7. The Morgan fingerprint density at radius 1 is 1.38 bits per heavy atom. The quantitative estimate of drug-likeness (QED) is 0.812. The topological polar surface area (TPSA) is 42.0 Å². The molecule has 0 aliphatic heterocycles. The third-order valence-electron chi connectivity index (χ3n) is 1.86. The average Bonchev–Trinajstić information content (AvgIpc) is 2.66. The molecule has 82 valence electrons. The van der Waals surface area contributed by atoms with Crippen molar-refractivity contribution in [1.82, 2.24) is 4.98 Å². The molecule has 2 aromatic rings. The number of anilines is 1. The number of benzene rings is 1. The second kappa shape index (κ2) is 4.86. The molecule has 1 aromatic carbocycles. The molecule has 0 aliphatic carbocycles. The van der Waals surface area contributed by atoms with Gasteiger partial charge in [0.1, 0.15) is 0 Å². The molecule has 0 fully saturated rings. The smallest absolute Gasteiger partial charge is 0.282 e. The van der Waals surface area contributed by atoms with E-state index in [0.29, 0.717) is 10.2 Å². The van der Waals surface area contributed by atoms with E-state index in [9.17, 15) is 4.79 Å². The van der Waals surface area contributed by atoms with Crippen LogP contribution in [0.4, 0.5) is 9.93 Å². The van der Waals surface area contributed by atoms with Crippen LogP contribution in [0.5, 0.6) is 0 Å². The Balaban J connectivity index is 2.24. The molecule has 0 unspecified atom stereocenters. The van der Waals surface area contributed by atoms with E-state index in [4.69, 9.17) is 11.6 Å². The van der Waals surface area contributed by atoms with Crippen LogP contribution in [0, 0.1) is 0 Å². The van der Waals surface area contributed by atoms with Crippen molar-refractivity contribution < 1.29 is 4.79 Å². The summed E-state index contributed by atoms with van der Waals surface area (Å²) in [5, 5.41) is 5.17. The van der Waals surface area contributed by atoms with Crippen LogP contribution < -0.4 is 5.32 Å². The molecular formula is C10H7ClN2OS2. The molecule has 3 nitrogen and oxygen atoms in total. The van der Waals surface area contributed by atoms with Crippen LogP contribution in [-0.4, -0.2) is 10.2 Å². The Kier molecular flexibility index (Phi) is 3.48. The van der Waals surface area contributed by atoms with Gasteiger partial charge >= 0.3 is 0 Å². The van der Waals surface area contributed by atoms with Gasteiger partial charge in [0.25, 0.3) is 5.24 Å². The van der Waals surface area contributed by atoms with Crippen LogP contribution in [0.3, 0.4) is 0 Å². The maximum Gasteiger partial charge on any atom is 0.282 e. The molecule has 6 heteroatoms. The number of nitrogens with zero attached hydrogens (tertiary/aromatic N) is 1. The fraction of sp³-hybridized carbons (Fsp3) is 0. The summed E-state index contributed by atoms with van der Waals surface area (Å²) in [6, 6.07) is 7.35. The molecular weight excluding hydrogens is 264 g/mol. The van der Waals surface area contributed by atoms with Crippen molar-refractivity contribution in [1.29, 1.82) is 0 Å². The number of amides is 1. The lowest BCUT2D eigenvalue weighted by Gasteiger charge is -1.96. The number of thiazole rings is 1. The van der Waals surface area contributed by atoms with Gasteiger partial charge in [-0.05, 0) is 12.1 Å². The number of carbonyl (C=O) groups excluding carboxylic acids is 1. The Morgan fingerprint density at radius 3 is 2.69 bits per heavy atom. The first-order chi connectivity index (χ1) is 7.65. The summed E-state index contributed by atoms with van der Waals surface area (Å²) in [5.41, 5.74) is 1.76. The monoisotopic (exact) mass is 270 g/mol. The van der Waals surface area contributed by atoms with Crippen molar-refractivity contribution in [3.05, 3.63) is 34.7 Å². The van der Waals surface area contributed by atoms with Crippen molar-refractivity contribution in [2.75, 3.05) is 5.32 Å². The van der Waals surface area contributed by atoms with Crippen LogP contribution in [0.15, 0.2) is 29.6 Å². The van der Waals surface area contributed by atoms with Crippen LogP contribution in [0.1, 0.15) is 0 Å². The standard InChI is InChI=1S/C10H7ClN2OS2/c11-7-3-1-6(2-4-7)8-5-16-9(12-8)13-10(14)15/h1-5H,(H2,12,13,14,15). The van der Waals surface area contributed by atoms with Gasteiger partial charge in [0.15, 0.2) is 5.13 Å². The molecule has 0 saturated carbocycles. The summed E-state index contributed by atoms with van der Waals surface area (Å²) < 4.78 is 0. The van der Waals surface area contributed by atoms with Crippen LogP contribution in [-0.2, 0) is 0 Å². The third-order valence-corrected chi connectivity index (χ3v) is 2.98. The zero-order valence-electron chi connectivity index (χ0n) is 7.98. The number of carbonyl (C=O) groups is 1. The second-order valence-electron chi connectivity index (χ2n) is 2.97. The van der Waals surface area contributed by atoms with E-state index in [0.717, 1.165) is 11.3 Å². The molecule has 0 atom stereocenters. The van der Waals surface area contributed by atoms with Gasteiger partial charge in [0, 0.05) is 16.0 Å². The summed E-state index contributed by atoms with van der Waals surface area (Å²) in [7, 11) is 0. The highest BCUT2D eigenvalue weighted by Gasteiger charge is 2.05. The van der Waals surface area contributed by atoms with Crippen molar-refractivity contribution in [2.24, 2.45) is 0 Å². The Labute approximate surface area is 107 Å². The van der Waals surface area contributed by atoms with Gasteiger partial charge in [-0.1, -0.05) is 36.4 Å². The number of halogens is 1. The lowest BCUT2D eigenvalue weighted by atomic mass is 10.2. The lowest BCUT2D eigenvalue weighted by Crippen LogP contribution is -1.99. The number of hydrogen-bond donors (Lipinski definition) is 2. The zero-order valence-corrected chi connectivity index (χ0v) is 10.4. The molecule has 1 N–H and O–H groups in total. The van der Waals surface area contributed by atoms with E-state index in [-0.39, 0.29) is 0 Å². The van der Waals surface area contributed by atoms with E-state index < -0.39 is 5.24 Å². The normalized spacial score (nSPS) is 10.1. The summed E-state index contributed by atoms with van der Waals surface area (Å²) in [4.78, 5) is 15.0. The first-order valence-electron chi connectivity index (χ1n) is 4.36. The molecule has 0 bridgehead atoms. The minimum atomic E-state index is -0.419. The lowest BCUT2D eigenvalue weighted by molar-refractivity contribution is 0.270. The van der Waals surface area contributed by atoms with E-state index >= 15 is 0 Å². The van der Waals surface area contributed by atoms with Gasteiger partial charge in [-0.25, -0.2) is 4.98 Å². The first-order valence-corrected chi connectivity index (χ1v) is 6.07. The fourth-order valence-electron chi connectivity index (χ4n) is 1.18. The maximum absolute atomic E-state index is 10.7. The van der Waals surface area contributed by atoms with Crippen LogP contribution in [0.25, 0.3) is 11.3 Å². The van der Waals surface area contributed by atoms with Gasteiger partial charge in [-0.2, -0.15) is 0 Å². The predicted molar refractivity (Wildman–Crippen MR) is 70.6 cm³/mol. The van der Waals surface area contributed by atoms with Gasteiger partial charge in [-0.15, -0.1) is 11.3 Å². The van der Waals surface area contributed by atoms with Gasteiger partial charge in [-0.3, -0.25) is 10.1 Å². The Morgan fingerprint density at radius 2 is 2.06 bits per heavy atom. The Hall–Kier alpha value is -1.04. The van der Waals surface area contributed by atoms with Crippen LogP contribution >= 0.6 is 35.6 Å². The number of hydrogen-bond acceptors (Lipinski definition) is 3. The summed E-state index contributed by atoms with van der Waals surface area (Å²) in [6.45, 7) is 0. The van der Waals surface area contributed by atoms with Crippen molar-refractivity contribution >= 4 is 45.9 Å². The Bertz CT molecular complexity index is 510. The highest BCUT2D eigenvalue weighted by Crippen LogP contribution is 2.25. The summed E-state index contributed by atoms with van der Waals surface area (Å²) >= 11 is 10.8. The molecule has 1 amide bonds. The van der Waals surface area contributed by atoms with Gasteiger partial charge in [0.05, 0.1) is 5.69 Å². The average molecular weight is 271 g/mol. The van der Waals surface area contributed by atoms with Crippen molar-refractivity contribution in [3.63, 3.8) is 0 Å². The highest BCUT2D eigenvalue weighted by molar-refractivity contribution is 7.96. The number of aromatic nitrogens is 1. The van der Waals surface area contributed by atoms with Crippen molar-refractivity contribution in [2.45, 2.75) is 0 Å². The largest absolute Gasteiger partial charge is 0.293 e. The molecule has 1 aromatic heterocycles. The minimum absolute atomic E-state index is 0.419. The molecule has 0 saturated heterocycles. The molecule has 2 rings (SSSR count). The first kappa shape index (κ1) is 11.4. The summed E-state index contributed by atoms with van der Waals surface area (Å²) in [5.74, 6) is 0. The van der Waals surface area contributed by atoms with E-state index in [1.807, 2.05) is 17.5 Å². The number of rotatable bonds is 2. The zero-order chi connectivity index (χ0) is 11.5. The number of thiol groups is 1. The van der Waals surface area contributed by atoms with Crippen molar-refractivity contribution in [3.8, 4) is 11.3 Å². The highest BCUT2D eigenvalue weighted by atomic mass is 35.5. The fourth-order valence-corrected chi connectivity index (χ4v) is 2.20. The number of nitrogens with one attached hydrogen (secondary N) is 1. The van der Waals surface area contributed by atoms with Gasteiger partial charge in [0.2, 0.25) is 0 Å². The van der Waals surface area contributed by atoms with Gasteiger partial charge < -0.3 is 0 Å². The third kappa shape index (κ3) is 2.75. The molecule has 1 heterocycles.